The molecule has 0 amide bonds. The number of methoxy groups -OCH3 is 1. The highest BCUT2D eigenvalue weighted by molar-refractivity contribution is 5.43. The van der Waals surface area contributed by atoms with Crippen LogP contribution in [0, 0.1) is 13.8 Å². The monoisotopic (exact) mass is 219 g/mol. The first-order valence-corrected chi connectivity index (χ1v) is 6.08. The Hall–Kier alpha value is -1.02. The van der Waals surface area contributed by atoms with Crippen LogP contribution in [0.5, 0.6) is 5.75 Å². The maximum absolute atomic E-state index is 5.48. The average molecular weight is 219 g/mol. The molecule has 1 N–H and O–H groups in total. The lowest BCUT2D eigenvalue weighted by Crippen LogP contribution is -2.19. The molecule has 1 saturated carbocycles. The van der Waals surface area contributed by atoms with Crippen LogP contribution in [-0.2, 0) is 6.42 Å². The molecule has 0 atom stereocenters. The van der Waals surface area contributed by atoms with Gasteiger partial charge in [0, 0.05) is 6.04 Å². The Morgan fingerprint density at radius 2 is 2.06 bits per heavy atom. The van der Waals surface area contributed by atoms with Crippen molar-refractivity contribution in [2.75, 3.05) is 13.7 Å². The van der Waals surface area contributed by atoms with E-state index in [1.165, 1.54) is 29.5 Å². The average Bonchev–Trinajstić information content (AvgIpc) is 3.01. The van der Waals surface area contributed by atoms with Crippen LogP contribution in [0.4, 0.5) is 0 Å². The van der Waals surface area contributed by atoms with Crippen LogP contribution in [-0.4, -0.2) is 19.7 Å². The molecule has 16 heavy (non-hydrogen) atoms. The van der Waals surface area contributed by atoms with Crippen LogP contribution in [0.25, 0.3) is 0 Å². The maximum Gasteiger partial charge on any atom is 0.125 e. The molecule has 2 heteroatoms. The van der Waals surface area contributed by atoms with Crippen molar-refractivity contribution in [2.45, 2.75) is 39.2 Å². The van der Waals surface area contributed by atoms with Crippen LogP contribution in [0.2, 0.25) is 0 Å². The smallest absolute Gasteiger partial charge is 0.125 e. The van der Waals surface area contributed by atoms with Gasteiger partial charge in [-0.2, -0.15) is 0 Å². The second-order valence-corrected chi connectivity index (χ2v) is 4.75. The number of nitrogens with one attached hydrogen (secondary N) is 1. The van der Waals surface area contributed by atoms with Crippen molar-refractivity contribution in [1.82, 2.24) is 5.32 Å². The standard InChI is InChI=1S/C14H21NO/c1-10-8-11(2)14(16-3)12(9-10)6-7-15-13-4-5-13/h8-9,13,15H,4-7H2,1-3H3. The van der Waals surface area contributed by atoms with Crippen molar-refractivity contribution < 1.29 is 4.74 Å². The molecule has 0 unspecified atom stereocenters. The van der Waals surface area contributed by atoms with E-state index in [0.717, 1.165) is 24.8 Å². The molecule has 1 aliphatic rings. The Morgan fingerprint density at radius 3 is 2.69 bits per heavy atom. The molecule has 1 aromatic carbocycles. The van der Waals surface area contributed by atoms with Crippen molar-refractivity contribution in [3.05, 3.63) is 28.8 Å². The van der Waals surface area contributed by atoms with E-state index in [0.29, 0.717) is 0 Å². The van der Waals surface area contributed by atoms with Crippen LogP contribution >= 0.6 is 0 Å². The Balaban J connectivity index is 2.04. The number of aryl methyl sites for hydroxylation is 2. The van der Waals surface area contributed by atoms with Crippen LogP contribution in [0.1, 0.15) is 29.5 Å². The molecule has 0 bridgehead atoms. The third-order valence-corrected chi connectivity index (χ3v) is 3.10. The number of hydrogen-bond acceptors (Lipinski definition) is 2. The summed E-state index contributed by atoms with van der Waals surface area (Å²) in [6, 6.07) is 5.20. The minimum absolute atomic E-state index is 0.789. The van der Waals surface area contributed by atoms with Crippen molar-refractivity contribution >= 4 is 0 Å². The Bertz CT molecular complexity index is 369. The van der Waals surface area contributed by atoms with E-state index in [1.54, 1.807) is 7.11 Å². The molecule has 2 rings (SSSR count). The molecule has 0 saturated heterocycles. The minimum atomic E-state index is 0.789. The van der Waals surface area contributed by atoms with Gasteiger partial charge in [-0.15, -0.1) is 0 Å². The summed E-state index contributed by atoms with van der Waals surface area (Å²) >= 11 is 0. The van der Waals surface area contributed by atoms with Crippen LogP contribution in [0.15, 0.2) is 12.1 Å². The first-order chi connectivity index (χ1) is 7.70. The molecule has 0 radical (unpaired) electrons. The Morgan fingerprint density at radius 1 is 1.31 bits per heavy atom. The van der Waals surface area contributed by atoms with Gasteiger partial charge in [0.1, 0.15) is 5.75 Å². The Kier molecular flexibility index (Phi) is 3.49. The Labute approximate surface area is 98.0 Å². The first-order valence-electron chi connectivity index (χ1n) is 6.08. The first kappa shape index (κ1) is 11.5. The van der Waals surface area contributed by atoms with E-state index in [2.05, 4.69) is 31.3 Å². The molecule has 88 valence electrons. The summed E-state index contributed by atoms with van der Waals surface area (Å²) < 4.78 is 5.48. The molecule has 2 nitrogen and oxygen atoms in total. The van der Waals surface area contributed by atoms with Gasteiger partial charge in [0.2, 0.25) is 0 Å². The summed E-state index contributed by atoms with van der Waals surface area (Å²) in [5.74, 6) is 1.06. The molecule has 0 aliphatic heterocycles. The van der Waals surface area contributed by atoms with Gasteiger partial charge in [-0.05, 0) is 50.8 Å². The van der Waals surface area contributed by atoms with Crippen molar-refractivity contribution in [2.24, 2.45) is 0 Å². The molecule has 0 heterocycles. The second-order valence-electron chi connectivity index (χ2n) is 4.75. The summed E-state index contributed by atoms with van der Waals surface area (Å²) in [5.41, 5.74) is 3.89. The van der Waals surface area contributed by atoms with Gasteiger partial charge in [-0.1, -0.05) is 17.7 Å². The van der Waals surface area contributed by atoms with Crippen LogP contribution < -0.4 is 10.1 Å². The van der Waals surface area contributed by atoms with Gasteiger partial charge < -0.3 is 10.1 Å². The third kappa shape index (κ3) is 2.76. The van der Waals surface area contributed by atoms with Gasteiger partial charge in [-0.3, -0.25) is 0 Å². The summed E-state index contributed by atoms with van der Waals surface area (Å²) in [6.45, 7) is 5.32. The van der Waals surface area contributed by atoms with E-state index in [1.807, 2.05) is 0 Å². The van der Waals surface area contributed by atoms with E-state index < -0.39 is 0 Å². The highest BCUT2D eigenvalue weighted by Gasteiger charge is 2.19. The summed E-state index contributed by atoms with van der Waals surface area (Å²) in [6.07, 6.45) is 3.76. The zero-order chi connectivity index (χ0) is 11.5. The van der Waals surface area contributed by atoms with Crippen LogP contribution in [0.3, 0.4) is 0 Å². The van der Waals surface area contributed by atoms with E-state index in [-0.39, 0.29) is 0 Å². The van der Waals surface area contributed by atoms with Gasteiger partial charge in [0.15, 0.2) is 0 Å². The fraction of sp³-hybridized carbons (Fsp3) is 0.571. The highest BCUT2D eigenvalue weighted by Crippen LogP contribution is 2.25. The topological polar surface area (TPSA) is 21.3 Å². The fourth-order valence-electron chi connectivity index (χ4n) is 2.22. The normalized spacial score (nSPS) is 15.2. The predicted molar refractivity (Wildman–Crippen MR) is 67.2 cm³/mol. The number of benzene rings is 1. The van der Waals surface area contributed by atoms with E-state index in [4.69, 9.17) is 4.74 Å². The SMILES string of the molecule is COc1c(C)cc(C)cc1CCNC1CC1. The van der Waals surface area contributed by atoms with Crippen molar-refractivity contribution in [3.63, 3.8) is 0 Å². The second kappa shape index (κ2) is 4.88. The number of ether oxygens (including phenoxy) is 1. The van der Waals surface area contributed by atoms with E-state index >= 15 is 0 Å². The number of rotatable bonds is 5. The molecule has 1 fully saturated rings. The quantitative estimate of drug-likeness (QED) is 0.822. The zero-order valence-corrected chi connectivity index (χ0v) is 10.5. The molecule has 0 spiro atoms. The molecule has 1 aromatic rings. The van der Waals surface area contributed by atoms with Crippen molar-refractivity contribution in [1.29, 1.82) is 0 Å². The maximum atomic E-state index is 5.48. The highest BCUT2D eigenvalue weighted by atomic mass is 16.5. The van der Waals surface area contributed by atoms with Gasteiger partial charge in [0.25, 0.3) is 0 Å². The van der Waals surface area contributed by atoms with Gasteiger partial charge >= 0.3 is 0 Å². The lowest BCUT2D eigenvalue weighted by atomic mass is 10.0. The predicted octanol–water partition coefficient (Wildman–Crippen LogP) is 2.61. The summed E-state index contributed by atoms with van der Waals surface area (Å²) in [7, 11) is 1.76. The molecule has 0 aromatic heterocycles. The minimum Gasteiger partial charge on any atom is -0.496 e. The van der Waals surface area contributed by atoms with Gasteiger partial charge in [-0.25, -0.2) is 0 Å². The van der Waals surface area contributed by atoms with E-state index in [9.17, 15) is 0 Å². The fourth-order valence-corrected chi connectivity index (χ4v) is 2.22. The lowest BCUT2D eigenvalue weighted by molar-refractivity contribution is 0.406. The number of hydrogen-bond donors (Lipinski definition) is 1. The molecular formula is C14H21NO. The van der Waals surface area contributed by atoms with Gasteiger partial charge in [0.05, 0.1) is 7.11 Å². The lowest BCUT2D eigenvalue weighted by Gasteiger charge is -2.13. The summed E-state index contributed by atoms with van der Waals surface area (Å²) in [4.78, 5) is 0. The third-order valence-electron chi connectivity index (χ3n) is 3.10. The summed E-state index contributed by atoms with van der Waals surface area (Å²) in [5, 5.41) is 3.54. The molecule has 1 aliphatic carbocycles. The largest absolute Gasteiger partial charge is 0.496 e. The van der Waals surface area contributed by atoms with Crippen molar-refractivity contribution in [3.8, 4) is 5.75 Å². The zero-order valence-electron chi connectivity index (χ0n) is 10.5. The molecular weight excluding hydrogens is 198 g/mol.